The van der Waals surface area contributed by atoms with Gasteiger partial charge in [-0.05, 0) is 43.0 Å². The van der Waals surface area contributed by atoms with E-state index in [4.69, 9.17) is 0 Å². The van der Waals surface area contributed by atoms with Crippen LogP contribution in [0.2, 0.25) is 0 Å². The minimum Gasteiger partial charge on any atom is -0.392 e. The number of hydrogen-bond donors (Lipinski definition) is 2. The van der Waals surface area contributed by atoms with E-state index in [0.717, 1.165) is 17.7 Å². The zero-order chi connectivity index (χ0) is 14.5. The van der Waals surface area contributed by atoms with Crippen LogP contribution in [-0.2, 0) is 13.2 Å². The molecule has 0 saturated carbocycles. The third kappa shape index (κ3) is 3.47. The van der Waals surface area contributed by atoms with Crippen molar-refractivity contribution in [3.63, 3.8) is 0 Å². The van der Waals surface area contributed by atoms with Gasteiger partial charge in [-0.3, -0.25) is 0 Å². The first kappa shape index (κ1) is 14.8. The predicted molar refractivity (Wildman–Crippen MR) is 83.5 cm³/mol. The van der Waals surface area contributed by atoms with Crippen molar-refractivity contribution in [2.45, 2.75) is 40.0 Å². The zero-order valence-corrected chi connectivity index (χ0v) is 12.5. The molecule has 0 radical (unpaired) electrons. The summed E-state index contributed by atoms with van der Waals surface area (Å²) in [6.07, 6.45) is 0. The van der Waals surface area contributed by atoms with E-state index in [-0.39, 0.29) is 6.61 Å². The van der Waals surface area contributed by atoms with Gasteiger partial charge in [0.25, 0.3) is 0 Å². The van der Waals surface area contributed by atoms with Crippen molar-refractivity contribution in [3.05, 3.63) is 70.3 Å². The highest BCUT2D eigenvalue weighted by Gasteiger charge is 2.09. The molecule has 2 N–H and O–H groups in total. The van der Waals surface area contributed by atoms with Gasteiger partial charge in [-0.25, -0.2) is 0 Å². The van der Waals surface area contributed by atoms with Crippen molar-refractivity contribution in [1.82, 2.24) is 5.32 Å². The van der Waals surface area contributed by atoms with Crippen LogP contribution < -0.4 is 5.32 Å². The molecule has 20 heavy (non-hydrogen) atoms. The zero-order valence-electron chi connectivity index (χ0n) is 12.5. The summed E-state index contributed by atoms with van der Waals surface area (Å²) in [6.45, 7) is 7.32. The number of aryl methyl sites for hydroxylation is 2. The Bertz CT molecular complexity index is 577. The molecule has 106 valence electrons. The van der Waals surface area contributed by atoms with E-state index in [2.05, 4.69) is 50.4 Å². The van der Waals surface area contributed by atoms with Crippen LogP contribution in [-0.4, -0.2) is 5.11 Å². The molecule has 2 heteroatoms. The largest absolute Gasteiger partial charge is 0.392 e. The molecule has 0 aromatic heterocycles. The summed E-state index contributed by atoms with van der Waals surface area (Å²) in [5.41, 5.74) is 6.09. The Hall–Kier alpha value is -1.64. The van der Waals surface area contributed by atoms with Gasteiger partial charge < -0.3 is 10.4 Å². The second-order valence-electron chi connectivity index (χ2n) is 5.39. The SMILES string of the molecule is Cc1ccc(C)c(C(C)NCc2ccccc2CO)c1. The highest BCUT2D eigenvalue weighted by molar-refractivity contribution is 5.33. The number of nitrogens with one attached hydrogen (secondary N) is 1. The second-order valence-corrected chi connectivity index (χ2v) is 5.39. The molecule has 2 aromatic rings. The molecule has 0 aliphatic heterocycles. The first-order valence-electron chi connectivity index (χ1n) is 7.10. The molecule has 0 saturated heterocycles. The lowest BCUT2D eigenvalue weighted by molar-refractivity contribution is 0.280. The lowest BCUT2D eigenvalue weighted by atomic mass is 9.99. The maximum absolute atomic E-state index is 9.35. The molecule has 0 aliphatic carbocycles. The van der Waals surface area contributed by atoms with E-state index in [1.54, 1.807) is 0 Å². The van der Waals surface area contributed by atoms with Gasteiger partial charge in [0, 0.05) is 12.6 Å². The van der Waals surface area contributed by atoms with Crippen molar-refractivity contribution in [1.29, 1.82) is 0 Å². The van der Waals surface area contributed by atoms with Crippen molar-refractivity contribution >= 4 is 0 Å². The highest BCUT2D eigenvalue weighted by atomic mass is 16.3. The van der Waals surface area contributed by atoms with Crippen molar-refractivity contribution in [2.75, 3.05) is 0 Å². The van der Waals surface area contributed by atoms with Gasteiger partial charge in [-0.2, -0.15) is 0 Å². The molecule has 0 heterocycles. The number of rotatable bonds is 5. The van der Waals surface area contributed by atoms with Crippen LogP contribution >= 0.6 is 0 Å². The first-order chi connectivity index (χ1) is 9.61. The summed E-state index contributed by atoms with van der Waals surface area (Å²) in [5.74, 6) is 0. The topological polar surface area (TPSA) is 32.3 Å². The maximum atomic E-state index is 9.35. The Morgan fingerprint density at radius 2 is 1.75 bits per heavy atom. The molecule has 0 aliphatic rings. The van der Waals surface area contributed by atoms with Crippen LogP contribution in [0.5, 0.6) is 0 Å². The van der Waals surface area contributed by atoms with Crippen LogP contribution in [0.1, 0.15) is 40.8 Å². The predicted octanol–water partition coefficient (Wildman–Crippen LogP) is 3.65. The van der Waals surface area contributed by atoms with Gasteiger partial charge in [0.2, 0.25) is 0 Å². The van der Waals surface area contributed by atoms with E-state index in [0.29, 0.717) is 6.04 Å². The summed E-state index contributed by atoms with van der Waals surface area (Å²) >= 11 is 0. The summed E-state index contributed by atoms with van der Waals surface area (Å²) in [6, 6.07) is 14.9. The Morgan fingerprint density at radius 1 is 1.05 bits per heavy atom. The standard InChI is InChI=1S/C18H23NO/c1-13-8-9-14(2)18(10-13)15(3)19-11-16-6-4-5-7-17(16)12-20/h4-10,15,19-20H,11-12H2,1-3H3. The molecule has 2 aromatic carbocycles. The molecular formula is C18H23NO. The van der Waals surface area contributed by atoms with E-state index in [1.165, 1.54) is 16.7 Å². The Morgan fingerprint density at radius 3 is 2.45 bits per heavy atom. The quantitative estimate of drug-likeness (QED) is 0.868. The van der Waals surface area contributed by atoms with Crippen LogP contribution in [0.4, 0.5) is 0 Å². The smallest absolute Gasteiger partial charge is 0.0685 e. The first-order valence-corrected chi connectivity index (χ1v) is 7.10. The minimum absolute atomic E-state index is 0.0930. The van der Waals surface area contributed by atoms with Crippen LogP contribution in [0.3, 0.4) is 0 Å². The van der Waals surface area contributed by atoms with E-state index in [9.17, 15) is 5.11 Å². The molecule has 0 spiro atoms. The monoisotopic (exact) mass is 269 g/mol. The average molecular weight is 269 g/mol. The molecule has 0 fully saturated rings. The Balaban J connectivity index is 2.08. The Kier molecular flexibility index (Phi) is 4.94. The van der Waals surface area contributed by atoms with E-state index < -0.39 is 0 Å². The van der Waals surface area contributed by atoms with Crippen LogP contribution in [0.15, 0.2) is 42.5 Å². The van der Waals surface area contributed by atoms with Gasteiger partial charge in [0.05, 0.1) is 6.61 Å². The summed E-state index contributed by atoms with van der Waals surface area (Å²) in [4.78, 5) is 0. The molecule has 1 unspecified atom stereocenters. The third-order valence-electron chi connectivity index (χ3n) is 3.79. The minimum atomic E-state index is 0.0930. The van der Waals surface area contributed by atoms with Gasteiger partial charge in [-0.15, -0.1) is 0 Å². The molecule has 2 rings (SSSR count). The number of aliphatic hydroxyl groups excluding tert-OH is 1. The van der Waals surface area contributed by atoms with Crippen molar-refractivity contribution in [2.24, 2.45) is 0 Å². The summed E-state index contributed by atoms with van der Waals surface area (Å²) in [7, 11) is 0. The summed E-state index contributed by atoms with van der Waals surface area (Å²) < 4.78 is 0. The van der Waals surface area contributed by atoms with Crippen molar-refractivity contribution < 1.29 is 5.11 Å². The maximum Gasteiger partial charge on any atom is 0.0685 e. The number of hydrogen-bond acceptors (Lipinski definition) is 2. The van der Waals surface area contributed by atoms with Crippen LogP contribution in [0.25, 0.3) is 0 Å². The fourth-order valence-electron chi connectivity index (χ4n) is 2.48. The van der Waals surface area contributed by atoms with Gasteiger partial charge in [0.1, 0.15) is 0 Å². The normalized spacial score (nSPS) is 12.4. The van der Waals surface area contributed by atoms with E-state index in [1.807, 2.05) is 18.2 Å². The molecular weight excluding hydrogens is 246 g/mol. The number of benzene rings is 2. The lowest BCUT2D eigenvalue weighted by Crippen LogP contribution is -2.19. The average Bonchev–Trinajstić information content (AvgIpc) is 2.47. The van der Waals surface area contributed by atoms with Gasteiger partial charge in [-0.1, -0.05) is 48.0 Å². The fourth-order valence-corrected chi connectivity index (χ4v) is 2.48. The second kappa shape index (κ2) is 6.69. The van der Waals surface area contributed by atoms with Crippen molar-refractivity contribution in [3.8, 4) is 0 Å². The van der Waals surface area contributed by atoms with Gasteiger partial charge in [0.15, 0.2) is 0 Å². The number of aliphatic hydroxyl groups is 1. The Labute approximate surface area is 121 Å². The lowest BCUT2D eigenvalue weighted by Gasteiger charge is -2.18. The third-order valence-corrected chi connectivity index (χ3v) is 3.79. The summed E-state index contributed by atoms with van der Waals surface area (Å²) in [5, 5.41) is 12.9. The van der Waals surface area contributed by atoms with E-state index >= 15 is 0 Å². The molecule has 0 amide bonds. The van der Waals surface area contributed by atoms with Gasteiger partial charge >= 0.3 is 0 Å². The molecule has 1 atom stereocenters. The molecule has 2 nitrogen and oxygen atoms in total. The fraction of sp³-hybridized carbons (Fsp3) is 0.333. The van der Waals surface area contributed by atoms with Crippen LogP contribution in [0, 0.1) is 13.8 Å². The highest BCUT2D eigenvalue weighted by Crippen LogP contribution is 2.19. The molecule has 0 bridgehead atoms.